The Morgan fingerprint density at radius 3 is 2.61 bits per heavy atom. The van der Waals surface area contributed by atoms with E-state index in [1.165, 1.54) is 11.8 Å². The normalized spacial score (nSPS) is 19.3. The van der Waals surface area contributed by atoms with Crippen molar-refractivity contribution in [2.45, 2.75) is 43.6 Å². The zero-order chi connectivity index (χ0) is 20.3. The smallest absolute Gasteiger partial charge is 0.236 e. The third kappa shape index (κ3) is 4.91. The van der Waals surface area contributed by atoms with E-state index < -0.39 is 15.1 Å². The SMILES string of the molecule is CCN(C(=O)[C@@H](C)Sc1nc(C)cc(-c2ccccc2)n1)[C@@H]1CCS(=O)(=O)C1. The predicted molar refractivity (Wildman–Crippen MR) is 112 cm³/mol. The summed E-state index contributed by atoms with van der Waals surface area (Å²) in [6.45, 7) is 6.12. The minimum Gasteiger partial charge on any atom is -0.338 e. The molecule has 2 atom stereocenters. The summed E-state index contributed by atoms with van der Waals surface area (Å²) in [4.78, 5) is 23.8. The van der Waals surface area contributed by atoms with Crippen molar-refractivity contribution in [3.63, 3.8) is 0 Å². The number of rotatable bonds is 6. The quantitative estimate of drug-likeness (QED) is 0.529. The molecule has 0 unspecified atom stereocenters. The Balaban J connectivity index is 1.75. The summed E-state index contributed by atoms with van der Waals surface area (Å²) < 4.78 is 23.6. The van der Waals surface area contributed by atoms with E-state index >= 15 is 0 Å². The number of carbonyl (C=O) groups is 1. The van der Waals surface area contributed by atoms with E-state index in [0.717, 1.165) is 17.0 Å². The van der Waals surface area contributed by atoms with Crippen molar-refractivity contribution in [3.8, 4) is 11.3 Å². The second-order valence-electron chi connectivity index (χ2n) is 6.98. The number of aryl methyl sites for hydroxylation is 1. The molecule has 1 saturated heterocycles. The van der Waals surface area contributed by atoms with Crippen LogP contribution in [-0.2, 0) is 14.6 Å². The lowest BCUT2D eigenvalue weighted by molar-refractivity contribution is -0.131. The van der Waals surface area contributed by atoms with Crippen LogP contribution in [0, 0.1) is 6.92 Å². The summed E-state index contributed by atoms with van der Waals surface area (Å²) in [6, 6.07) is 11.5. The average Bonchev–Trinajstić information content (AvgIpc) is 3.02. The van der Waals surface area contributed by atoms with Crippen LogP contribution in [0.5, 0.6) is 0 Å². The monoisotopic (exact) mass is 419 g/mol. The van der Waals surface area contributed by atoms with Crippen LogP contribution in [0.25, 0.3) is 11.3 Å². The molecule has 6 nitrogen and oxygen atoms in total. The second kappa shape index (κ2) is 8.61. The summed E-state index contributed by atoms with van der Waals surface area (Å²) in [5, 5.41) is 0.156. The minimum absolute atomic E-state index is 0.0586. The minimum atomic E-state index is -3.04. The fraction of sp³-hybridized carbons (Fsp3) is 0.450. The van der Waals surface area contributed by atoms with Crippen LogP contribution < -0.4 is 0 Å². The molecule has 1 fully saturated rings. The van der Waals surface area contributed by atoms with Crippen LogP contribution in [0.4, 0.5) is 0 Å². The lowest BCUT2D eigenvalue weighted by Gasteiger charge is -2.29. The van der Waals surface area contributed by atoms with Gasteiger partial charge in [0.05, 0.1) is 22.4 Å². The standard InChI is InChI=1S/C20H25N3O3S2/c1-4-23(17-10-11-28(25,26)13-17)19(24)15(3)27-20-21-14(2)12-18(22-20)16-8-6-5-7-9-16/h5-9,12,15,17H,4,10-11,13H2,1-3H3/t15-,17-/m1/s1. The van der Waals surface area contributed by atoms with Crippen molar-refractivity contribution in [3.05, 3.63) is 42.1 Å². The summed E-state index contributed by atoms with van der Waals surface area (Å²) in [6.07, 6.45) is 0.512. The van der Waals surface area contributed by atoms with Crippen LogP contribution in [0.3, 0.4) is 0 Å². The molecule has 1 amide bonds. The molecule has 1 aromatic heterocycles. The molecular weight excluding hydrogens is 394 g/mol. The largest absolute Gasteiger partial charge is 0.338 e. The first-order chi connectivity index (χ1) is 13.3. The number of thioether (sulfide) groups is 1. The number of sulfone groups is 1. The number of hydrogen-bond donors (Lipinski definition) is 0. The number of amides is 1. The maximum Gasteiger partial charge on any atom is 0.236 e. The van der Waals surface area contributed by atoms with Crippen molar-refractivity contribution >= 4 is 27.5 Å². The molecule has 3 rings (SSSR count). The Bertz CT molecular complexity index is 948. The topological polar surface area (TPSA) is 80.2 Å². The molecule has 1 aromatic carbocycles. The first-order valence-electron chi connectivity index (χ1n) is 9.37. The van der Waals surface area contributed by atoms with Gasteiger partial charge in [-0.25, -0.2) is 18.4 Å². The van der Waals surface area contributed by atoms with Crippen LogP contribution in [-0.4, -0.2) is 58.5 Å². The van der Waals surface area contributed by atoms with Gasteiger partial charge >= 0.3 is 0 Å². The van der Waals surface area contributed by atoms with E-state index in [9.17, 15) is 13.2 Å². The van der Waals surface area contributed by atoms with Crippen molar-refractivity contribution < 1.29 is 13.2 Å². The highest BCUT2D eigenvalue weighted by Crippen LogP contribution is 2.27. The van der Waals surface area contributed by atoms with Gasteiger partial charge < -0.3 is 4.90 Å². The van der Waals surface area contributed by atoms with Crippen molar-refractivity contribution in [2.24, 2.45) is 0 Å². The van der Waals surface area contributed by atoms with Gasteiger partial charge in [0, 0.05) is 23.8 Å². The summed E-state index contributed by atoms with van der Waals surface area (Å²) in [7, 11) is -3.04. The Morgan fingerprint density at radius 2 is 2.00 bits per heavy atom. The maximum absolute atomic E-state index is 13.0. The van der Waals surface area contributed by atoms with Gasteiger partial charge in [0.15, 0.2) is 15.0 Å². The molecule has 0 N–H and O–H groups in total. The van der Waals surface area contributed by atoms with Crippen LogP contribution in [0.2, 0.25) is 0 Å². The van der Waals surface area contributed by atoms with E-state index in [1.807, 2.05) is 57.2 Å². The average molecular weight is 420 g/mol. The number of hydrogen-bond acceptors (Lipinski definition) is 6. The Labute approximate surface area is 170 Å². The number of nitrogens with zero attached hydrogens (tertiary/aromatic N) is 3. The zero-order valence-corrected chi connectivity index (χ0v) is 18.0. The fourth-order valence-electron chi connectivity index (χ4n) is 3.41. The third-order valence-electron chi connectivity index (χ3n) is 4.81. The highest BCUT2D eigenvalue weighted by molar-refractivity contribution is 8.00. The molecule has 1 aliphatic rings. The van der Waals surface area contributed by atoms with Gasteiger partial charge in [-0.1, -0.05) is 42.1 Å². The predicted octanol–water partition coefficient (Wildman–Crippen LogP) is 2.97. The highest BCUT2D eigenvalue weighted by Gasteiger charge is 2.35. The highest BCUT2D eigenvalue weighted by atomic mass is 32.2. The van der Waals surface area contributed by atoms with Crippen molar-refractivity contribution in [1.29, 1.82) is 0 Å². The zero-order valence-electron chi connectivity index (χ0n) is 16.3. The van der Waals surface area contributed by atoms with Crippen molar-refractivity contribution in [1.82, 2.24) is 14.9 Å². The molecule has 1 aliphatic heterocycles. The molecule has 2 heterocycles. The Morgan fingerprint density at radius 1 is 1.29 bits per heavy atom. The number of carbonyl (C=O) groups excluding carboxylic acids is 1. The molecule has 8 heteroatoms. The van der Waals surface area contributed by atoms with Gasteiger partial charge in [-0.2, -0.15) is 0 Å². The molecule has 0 spiro atoms. The lowest BCUT2D eigenvalue weighted by Crippen LogP contribution is -2.44. The molecule has 0 radical (unpaired) electrons. The molecule has 0 saturated carbocycles. The molecular formula is C20H25N3O3S2. The van der Waals surface area contributed by atoms with E-state index in [-0.39, 0.29) is 23.5 Å². The van der Waals surface area contributed by atoms with E-state index in [4.69, 9.17) is 0 Å². The fourth-order valence-corrected chi connectivity index (χ4v) is 6.04. The Hall–Kier alpha value is -1.93. The van der Waals surface area contributed by atoms with Gasteiger partial charge in [0.25, 0.3) is 0 Å². The first-order valence-corrected chi connectivity index (χ1v) is 12.1. The molecule has 150 valence electrons. The van der Waals surface area contributed by atoms with E-state index in [1.54, 1.807) is 4.90 Å². The van der Waals surface area contributed by atoms with E-state index in [2.05, 4.69) is 9.97 Å². The van der Waals surface area contributed by atoms with Crippen LogP contribution in [0.1, 0.15) is 26.0 Å². The van der Waals surface area contributed by atoms with Gasteiger partial charge in [0.1, 0.15) is 0 Å². The number of benzene rings is 1. The van der Waals surface area contributed by atoms with Gasteiger partial charge in [-0.05, 0) is 33.3 Å². The third-order valence-corrected chi connectivity index (χ3v) is 7.51. The molecule has 0 bridgehead atoms. The van der Waals surface area contributed by atoms with Crippen molar-refractivity contribution in [2.75, 3.05) is 18.1 Å². The Kier molecular flexibility index (Phi) is 6.40. The second-order valence-corrected chi connectivity index (χ2v) is 10.5. The summed E-state index contributed by atoms with van der Waals surface area (Å²) >= 11 is 1.31. The molecule has 2 aromatic rings. The number of aromatic nitrogens is 2. The molecule has 0 aliphatic carbocycles. The van der Waals surface area contributed by atoms with Gasteiger partial charge in [-0.3, -0.25) is 4.79 Å². The first kappa shape index (κ1) is 20.8. The van der Waals surface area contributed by atoms with Gasteiger partial charge in [0.2, 0.25) is 5.91 Å². The van der Waals surface area contributed by atoms with Gasteiger partial charge in [-0.15, -0.1) is 0 Å². The van der Waals surface area contributed by atoms with E-state index in [0.29, 0.717) is 18.1 Å². The molecule has 28 heavy (non-hydrogen) atoms. The summed E-state index contributed by atoms with van der Waals surface area (Å²) in [5.74, 6) is 0.147. The maximum atomic E-state index is 13.0. The lowest BCUT2D eigenvalue weighted by atomic mass is 10.1. The van der Waals surface area contributed by atoms with Crippen LogP contribution in [0.15, 0.2) is 41.6 Å². The van der Waals surface area contributed by atoms with Crippen LogP contribution >= 0.6 is 11.8 Å². The summed E-state index contributed by atoms with van der Waals surface area (Å²) in [5.41, 5.74) is 2.66.